The molecule has 0 radical (unpaired) electrons. The summed E-state index contributed by atoms with van der Waals surface area (Å²) in [7, 11) is -10.0. The Morgan fingerprint density at radius 2 is 0.500 bits per heavy atom. The van der Waals surface area contributed by atoms with E-state index in [-0.39, 0.29) is 25.7 Å². The van der Waals surface area contributed by atoms with Crippen molar-refractivity contribution in [3.8, 4) is 0 Å². The van der Waals surface area contributed by atoms with E-state index in [1.54, 1.807) is 0 Å². The molecular weight excluding hydrogens is 1380 g/mol. The van der Waals surface area contributed by atoms with Crippen LogP contribution >= 0.6 is 15.6 Å². The largest absolute Gasteiger partial charge is 0.472 e. The zero-order valence-corrected chi connectivity index (χ0v) is 67.8. The van der Waals surface area contributed by atoms with Gasteiger partial charge in [-0.2, -0.15) is 0 Å². The first kappa shape index (κ1) is 101. The lowest BCUT2D eigenvalue weighted by Crippen LogP contribution is -2.30. The molecule has 0 saturated heterocycles. The molecule has 604 valence electrons. The van der Waals surface area contributed by atoms with Gasteiger partial charge in [0.25, 0.3) is 0 Å². The van der Waals surface area contributed by atoms with Gasteiger partial charge in [-0.05, 0) is 167 Å². The van der Waals surface area contributed by atoms with Crippen molar-refractivity contribution in [2.75, 3.05) is 39.6 Å². The third-order valence-corrected chi connectivity index (χ3v) is 18.4. The van der Waals surface area contributed by atoms with E-state index in [4.69, 9.17) is 37.0 Å². The lowest BCUT2D eigenvalue weighted by molar-refractivity contribution is -0.161. The predicted octanol–water partition coefficient (Wildman–Crippen LogP) is 24.0. The third kappa shape index (κ3) is 76.9. The number of aliphatic hydroxyl groups is 1. The highest BCUT2D eigenvalue weighted by Gasteiger charge is 2.30. The highest BCUT2D eigenvalue weighted by atomic mass is 31.2. The minimum absolute atomic E-state index is 0.00313. The van der Waals surface area contributed by atoms with Crippen molar-refractivity contribution < 1.29 is 80.2 Å². The molecule has 0 aliphatic heterocycles. The molecule has 106 heavy (non-hydrogen) atoms. The van der Waals surface area contributed by atoms with E-state index in [0.29, 0.717) is 32.1 Å². The van der Waals surface area contributed by atoms with Gasteiger partial charge in [-0.25, -0.2) is 9.13 Å². The summed E-state index contributed by atoms with van der Waals surface area (Å²) in [4.78, 5) is 73.1. The summed E-state index contributed by atoms with van der Waals surface area (Å²) in [5.74, 6) is -2.31. The number of hydrogen-bond donors (Lipinski definition) is 3. The molecule has 0 spiro atoms. The van der Waals surface area contributed by atoms with Crippen molar-refractivity contribution in [2.45, 2.75) is 329 Å². The summed E-state index contributed by atoms with van der Waals surface area (Å²) in [6.45, 7) is 4.49. The molecule has 19 heteroatoms. The average molecular weight is 1520 g/mol. The van der Waals surface area contributed by atoms with E-state index in [2.05, 4.69) is 174 Å². The number of carbonyl (C=O) groups is 4. The van der Waals surface area contributed by atoms with Gasteiger partial charge in [0, 0.05) is 25.7 Å². The number of phosphoric ester groups is 2. The molecule has 0 fully saturated rings. The van der Waals surface area contributed by atoms with Crippen LogP contribution in [0.25, 0.3) is 0 Å². The minimum atomic E-state index is -5.01. The van der Waals surface area contributed by atoms with Gasteiger partial charge in [0.1, 0.15) is 19.3 Å². The number of hydrogen-bond acceptors (Lipinski definition) is 15. The van der Waals surface area contributed by atoms with Crippen molar-refractivity contribution in [2.24, 2.45) is 0 Å². The van der Waals surface area contributed by atoms with Gasteiger partial charge >= 0.3 is 39.5 Å². The first-order valence-electron chi connectivity index (χ1n) is 40.7. The van der Waals surface area contributed by atoms with Gasteiger partial charge in [-0.15, -0.1) is 0 Å². The molecule has 0 aliphatic carbocycles. The Kier molecular flexibility index (Phi) is 73.9. The Morgan fingerprint density at radius 1 is 0.274 bits per heavy atom. The van der Waals surface area contributed by atoms with Crippen LogP contribution in [0.3, 0.4) is 0 Å². The molecule has 0 aromatic rings. The molecule has 3 N–H and O–H groups in total. The van der Waals surface area contributed by atoms with Gasteiger partial charge in [0.15, 0.2) is 12.2 Å². The van der Waals surface area contributed by atoms with Crippen LogP contribution in [-0.2, 0) is 65.4 Å². The first-order chi connectivity index (χ1) is 51.7. The number of carbonyl (C=O) groups excluding carboxylic acids is 4. The second kappa shape index (κ2) is 77.8. The van der Waals surface area contributed by atoms with Crippen LogP contribution in [0.5, 0.6) is 0 Å². The smallest absolute Gasteiger partial charge is 0.462 e. The molecule has 0 bridgehead atoms. The Hall–Kier alpha value is -5.32. The highest BCUT2D eigenvalue weighted by molar-refractivity contribution is 7.47. The van der Waals surface area contributed by atoms with Gasteiger partial charge in [-0.1, -0.05) is 276 Å². The molecule has 0 aromatic carbocycles. The van der Waals surface area contributed by atoms with Crippen molar-refractivity contribution in [3.05, 3.63) is 158 Å². The number of unbranched alkanes of at least 4 members (excludes halogenated alkanes) is 23. The summed E-state index contributed by atoms with van der Waals surface area (Å²) < 4.78 is 68.6. The number of rotatable bonds is 75. The predicted molar refractivity (Wildman–Crippen MR) is 436 cm³/mol. The first-order valence-corrected chi connectivity index (χ1v) is 43.7. The topological polar surface area (TPSA) is 237 Å². The molecule has 5 unspecified atom stereocenters. The van der Waals surface area contributed by atoms with E-state index < -0.39 is 97.5 Å². The quantitative estimate of drug-likeness (QED) is 0.0169. The number of phosphoric acid groups is 2. The minimum Gasteiger partial charge on any atom is -0.462 e. The number of ether oxygens (including phenoxy) is 4. The van der Waals surface area contributed by atoms with Gasteiger partial charge < -0.3 is 33.8 Å². The monoisotopic (exact) mass is 1520 g/mol. The highest BCUT2D eigenvalue weighted by Crippen LogP contribution is 2.45. The van der Waals surface area contributed by atoms with Gasteiger partial charge in [0.2, 0.25) is 0 Å². The van der Waals surface area contributed by atoms with E-state index in [1.807, 2.05) is 12.2 Å². The van der Waals surface area contributed by atoms with Crippen LogP contribution in [0.1, 0.15) is 310 Å². The zero-order valence-electron chi connectivity index (χ0n) is 66.1. The lowest BCUT2D eigenvalue weighted by atomic mass is 10.1. The summed E-state index contributed by atoms with van der Waals surface area (Å²) in [6, 6.07) is 0. The standard InChI is InChI=1S/C87H144O17P2/c1-5-9-13-17-21-25-29-33-37-39-40-42-45-48-52-56-60-64-68-72-85(90)98-78-83(104-87(92)74-70-66-62-58-54-50-46-41-38-34-30-26-22-18-14-10-6-2)80-102-106(95,96)100-76-81(88)75-99-105(93,94)101-79-82(103-86(91)73-69-65-61-57-53-49-44-36-32-28-24-20-16-12-8-4)77-97-84(89)71-67-63-59-55-51-47-43-35-31-27-23-19-15-11-7-3/h9-10,13-14,21-23,25-27,33-38,40,42-44,46,48,50,52,58,62,81-83,88H,5-8,11-12,15-20,24,28-32,39,41,45,47,49,51,53-57,59-61,63-80H2,1-4H3,(H,93,94)(H,95,96)/b13-9-,14-10-,25-21-,26-22-,27-23-,37-33-,38-34-,42-40-,43-35-,44-36-,50-46-,52-48-,62-58-. The van der Waals surface area contributed by atoms with Crippen LogP contribution in [0.15, 0.2) is 158 Å². The maximum Gasteiger partial charge on any atom is 0.472 e. The average Bonchev–Trinajstić information content (AvgIpc) is 0.902. The zero-order chi connectivity index (χ0) is 77.4. The lowest BCUT2D eigenvalue weighted by Gasteiger charge is -2.21. The van der Waals surface area contributed by atoms with E-state index >= 15 is 0 Å². The Labute approximate surface area is 642 Å². The molecule has 0 amide bonds. The molecule has 17 nitrogen and oxygen atoms in total. The van der Waals surface area contributed by atoms with Crippen LogP contribution < -0.4 is 0 Å². The Bertz CT molecular complexity index is 2630. The number of esters is 4. The normalized spacial score (nSPS) is 14.7. The Morgan fingerprint density at radius 3 is 0.830 bits per heavy atom. The summed E-state index contributed by atoms with van der Waals surface area (Å²) in [5, 5.41) is 10.7. The SMILES string of the molecule is CC/C=C\C/C=C\C/C=C\C/C=C\C/C=C\CCCCCC(=O)OCC(COP(=O)(O)OCC(O)COP(=O)(O)OCC(COC(=O)CCCCCCC/C=C\C/C=C\CCCCC)OC(=O)CCCCCCC/C=C\CCCCCCCC)OC(=O)CCC/C=C\C/C=C\C/C=C\C/C=C\C/C=C\CC. The molecule has 0 aliphatic rings. The molecule has 5 atom stereocenters. The molecular formula is C87H144O17P2. The van der Waals surface area contributed by atoms with Crippen molar-refractivity contribution in [1.82, 2.24) is 0 Å². The van der Waals surface area contributed by atoms with Crippen LogP contribution in [0, 0.1) is 0 Å². The van der Waals surface area contributed by atoms with Crippen molar-refractivity contribution in [3.63, 3.8) is 0 Å². The van der Waals surface area contributed by atoms with Gasteiger partial charge in [0.05, 0.1) is 26.4 Å². The second-order valence-electron chi connectivity index (χ2n) is 26.6. The maximum absolute atomic E-state index is 13.1. The number of allylic oxidation sites excluding steroid dienone is 26. The van der Waals surface area contributed by atoms with E-state index in [9.17, 15) is 43.2 Å². The molecule has 0 rings (SSSR count). The van der Waals surface area contributed by atoms with Gasteiger partial charge in [-0.3, -0.25) is 37.3 Å². The Balaban J connectivity index is 5.48. The number of aliphatic hydroxyl groups excluding tert-OH is 1. The molecule has 0 saturated carbocycles. The van der Waals surface area contributed by atoms with E-state index in [1.165, 1.54) is 57.8 Å². The fourth-order valence-corrected chi connectivity index (χ4v) is 11.9. The third-order valence-electron chi connectivity index (χ3n) is 16.5. The van der Waals surface area contributed by atoms with E-state index in [0.717, 1.165) is 167 Å². The van der Waals surface area contributed by atoms with Crippen molar-refractivity contribution in [1.29, 1.82) is 0 Å². The molecule has 0 aromatic heterocycles. The molecule has 0 heterocycles. The fraction of sp³-hybridized carbons (Fsp3) is 0.655. The summed E-state index contributed by atoms with van der Waals surface area (Å²) in [5.41, 5.74) is 0. The van der Waals surface area contributed by atoms with Crippen LogP contribution in [0.2, 0.25) is 0 Å². The fourth-order valence-electron chi connectivity index (χ4n) is 10.3. The maximum atomic E-state index is 13.1. The van der Waals surface area contributed by atoms with Crippen LogP contribution in [0.4, 0.5) is 0 Å². The second-order valence-corrected chi connectivity index (χ2v) is 29.5. The summed E-state index contributed by atoms with van der Waals surface area (Å²) in [6.07, 6.45) is 90.8. The summed E-state index contributed by atoms with van der Waals surface area (Å²) >= 11 is 0. The van der Waals surface area contributed by atoms with Crippen LogP contribution in [-0.4, -0.2) is 96.7 Å². The van der Waals surface area contributed by atoms with Crippen molar-refractivity contribution >= 4 is 39.5 Å².